The molecule has 0 aromatic heterocycles. The van der Waals surface area contributed by atoms with Crippen LogP contribution in [0.25, 0.3) is 10.4 Å². The molecule has 0 unspecified atom stereocenters. The lowest BCUT2D eigenvalue weighted by Gasteiger charge is -2.18. The van der Waals surface area contributed by atoms with Gasteiger partial charge in [0.05, 0.1) is 5.92 Å². The van der Waals surface area contributed by atoms with E-state index in [9.17, 15) is 22.0 Å². The zero-order valence-electron chi connectivity index (χ0n) is 8.25. The number of benzene rings is 1. The monoisotopic (exact) mass is 251 g/mol. The summed E-state index contributed by atoms with van der Waals surface area (Å²) in [6.45, 7) is -0.942. The van der Waals surface area contributed by atoms with Crippen molar-refractivity contribution in [3.8, 4) is 0 Å². The molecule has 3 nitrogen and oxygen atoms in total. The summed E-state index contributed by atoms with van der Waals surface area (Å²) in [5, 5.41) is 2.79. The molecule has 0 bridgehead atoms. The summed E-state index contributed by atoms with van der Waals surface area (Å²) >= 11 is 0. The summed E-state index contributed by atoms with van der Waals surface area (Å²) in [5.74, 6) is -4.45. The average Bonchev–Trinajstić information content (AvgIpc) is 2.14. The molecule has 0 radical (unpaired) electrons. The molecule has 0 amide bonds. The number of halogens is 5. The van der Waals surface area contributed by atoms with Gasteiger partial charge in [-0.3, -0.25) is 0 Å². The minimum absolute atomic E-state index is 0.463. The van der Waals surface area contributed by atoms with Crippen LogP contribution in [0.15, 0.2) is 23.3 Å². The molecule has 1 aromatic rings. The predicted octanol–water partition coefficient (Wildman–Crippen LogP) is 3.92. The second kappa shape index (κ2) is 5.01. The number of nitrogens with zero attached hydrogens (tertiary/aromatic N) is 3. The number of alkyl halides is 3. The van der Waals surface area contributed by atoms with E-state index in [1.165, 1.54) is 0 Å². The molecule has 1 atom stereocenters. The summed E-state index contributed by atoms with van der Waals surface area (Å²) in [7, 11) is 0. The fourth-order valence-corrected chi connectivity index (χ4v) is 1.29. The second-order valence-corrected chi connectivity index (χ2v) is 3.21. The van der Waals surface area contributed by atoms with Crippen molar-refractivity contribution in [3.05, 3.63) is 45.8 Å². The van der Waals surface area contributed by atoms with Gasteiger partial charge in [-0.1, -0.05) is 5.11 Å². The lowest BCUT2D eigenvalue weighted by molar-refractivity contribution is -0.148. The molecular weight excluding hydrogens is 245 g/mol. The first kappa shape index (κ1) is 13.2. The van der Waals surface area contributed by atoms with Crippen molar-refractivity contribution in [1.82, 2.24) is 0 Å². The number of hydrogen-bond acceptors (Lipinski definition) is 1. The predicted molar refractivity (Wildman–Crippen MR) is 49.2 cm³/mol. The number of azide groups is 1. The fourth-order valence-electron chi connectivity index (χ4n) is 1.29. The average molecular weight is 251 g/mol. The zero-order chi connectivity index (χ0) is 13.1. The Labute approximate surface area is 92.5 Å². The van der Waals surface area contributed by atoms with Crippen LogP contribution in [0.3, 0.4) is 0 Å². The van der Waals surface area contributed by atoms with Crippen LogP contribution in [-0.2, 0) is 0 Å². The van der Waals surface area contributed by atoms with Crippen LogP contribution < -0.4 is 0 Å². The molecule has 0 spiro atoms. The first-order chi connectivity index (χ1) is 7.84. The van der Waals surface area contributed by atoms with Gasteiger partial charge in [-0.05, 0) is 23.2 Å². The normalized spacial score (nSPS) is 13.0. The summed E-state index contributed by atoms with van der Waals surface area (Å²) in [6, 6.07) is 1.59. The Bertz CT molecular complexity index is 430. The van der Waals surface area contributed by atoms with E-state index in [1.54, 1.807) is 0 Å². The highest BCUT2D eigenvalue weighted by atomic mass is 19.4. The largest absolute Gasteiger partial charge is 0.395 e. The molecule has 1 rings (SSSR count). The van der Waals surface area contributed by atoms with Crippen LogP contribution in [0, 0.1) is 11.6 Å². The van der Waals surface area contributed by atoms with Crippen molar-refractivity contribution in [2.75, 3.05) is 6.54 Å². The third kappa shape index (κ3) is 3.60. The maximum atomic E-state index is 12.8. The Morgan fingerprint density at radius 3 is 2.12 bits per heavy atom. The van der Waals surface area contributed by atoms with Crippen molar-refractivity contribution < 1.29 is 22.0 Å². The van der Waals surface area contributed by atoms with Crippen LogP contribution in [0.2, 0.25) is 0 Å². The van der Waals surface area contributed by atoms with E-state index in [-0.39, 0.29) is 0 Å². The topological polar surface area (TPSA) is 48.8 Å². The van der Waals surface area contributed by atoms with Gasteiger partial charge in [0.1, 0.15) is 11.6 Å². The Morgan fingerprint density at radius 1 is 1.18 bits per heavy atom. The molecule has 92 valence electrons. The first-order valence-corrected chi connectivity index (χ1v) is 4.38. The summed E-state index contributed by atoms with van der Waals surface area (Å²) in [6.07, 6.45) is -4.74. The highest BCUT2D eigenvalue weighted by Gasteiger charge is 2.40. The molecule has 1 aromatic carbocycles. The Hall–Kier alpha value is -1.82. The van der Waals surface area contributed by atoms with E-state index in [1.807, 2.05) is 0 Å². The van der Waals surface area contributed by atoms with Crippen molar-refractivity contribution >= 4 is 0 Å². The van der Waals surface area contributed by atoms with Crippen LogP contribution in [0.5, 0.6) is 0 Å². The van der Waals surface area contributed by atoms with E-state index in [0.717, 1.165) is 0 Å². The van der Waals surface area contributed by atoms with Gasteiger partial charge < -0.3 is 0 Å². The molecule has 0 saturated carbocycles. The van der Waals surface area contributed by atoms with Gasteiger partial charge in [0.2, 0.25) is 0 Å². The van der Waals surface area contributed by atoms with Gasteiger partial charge >= 0.3 is 6.18 Å². The zero-order valence-corrected chi connectivity index (χ0v) is 8.25. The molecular formula is C9H6F5N3. The molecule has 0 saturated heterocycles. The quantitative estimate of drug-likeness (QED) is 0.338. The van der Waals surface area contributed by atoms with Crippen molar-refractivity contribution in [1.29, 1.82) is 0 Å². The van der Waals surface area contributed by atoms with E-state index >= 15 is 0 Å². The molecule has 8 heteroatoms. The SMILES string of the molecule is [N-]=[N+]=NC[C@@H](c1cc(F)cc(F)c1)C(F)(F)F. The Kier molecular flexibility index (Phi) is 3.90. The number of hydrogen-bond donors (Lipinski definition) is 0. The van der Waals surface area contributed by atoms with Gasteiger partial charge in [0.15, 0.2) is 0 Å². The fraction of sp³-hybridized carbons (Fsp3) is 0.333. The molecule has 17 heavy (non-hydrogen) atoms. The minimum Gasteiger partial charge on any atom is -0.207 e. The highest BCUT2D eigenvalue weighted by molar-refractivity contribution is 5.23. The van der Waals surface area contributed by atoms with Gasteiger partial charge in [0.25, 0.3) is 0 Å². The van der Waals surface area contributed by atoms with E-state index in [2.05, 4.69) is 10.0 Å². The molecule has 0 aliphatic carbocycles. The molecule has 0 N–H and O–H groups in total. The van der Waals surface area contributed by atoms with Crippen molar-refractivity contribution in [2.45, 2.75) is 12.1 Å². The van der Waals surface area contributed by atoms with Crippen LogP contribution in [0.4, 0.5) is 22.0 Å². The van der Waals surface area contributed by atoms with Crippen molar-refractivity contribution in [2.24, 2.45) is 5.11 Å². The molecule has 0 aliphatic rings. The second-order valence-electron chi connectivity index (χ2n) is 3.21. The standard InChI is InChI=1S/C9H6F5N3/c10-6-1-5(2-7(11)3-6)8(4-16-17-15)9(12,13)14/h1-3,8H,4H2/t8-/m0/s1. The smallest absolute Gasteiger partial charge is 0.207 e. The maximum Gasteiger partial charge on any atom is 0.395 e. The Morgan fingerprint density at radius 2 is 1.71 bits per heavy atom. The van der Waals surface area contributed by atoms with Crippen LogP contribution in [-0.4, -0.2) is 12.7 Å². The van der Waals surface area contributed by atoms with Gasteiger partial charge in [0, 0.05) is 17.5 Å². The summed E-state index contributed by atoms with van der Waals surface area (Å²) < 4.78 is 63.3. The minimum atomic E-state index is -4.74. The van der Waals surface area contributed by atoms with Crippen LogP contribution >= 0.6 is 0 Å². The van der Waals surface area contributed by atoms with Gasteiger partial charge in [-0.15, -0.1) is 0 Å². The van der Waals surface area contributed by atoms with E-state index in [0.29, 0.717) is 18.2 Å². The first-order valence-electron chi connectivity index (χ1n) is 4.38. The third-order valence-electron chi connectivity index (χ3n) is 2.01. The molecule has 0 fully saturated rings. The third-order valence-corrected chi connectivity index (χ3v) is 2.01. The van der Waals surface area contributed by atoms with Gasteiger partial charge in [-0.2, -0.15) is 13.2 Å². The van der Waals surface area contributed by atoms with E-state index in [4.69, 9.17) is 5.53 Å². The molecule has 0 aliphatic heterocycles. The summed E-state index contributed by atoms with van der Waals surface area (Å²) in [4.78, 5) is 2.20. The summed E-state index contributed by atoms with van der Waals surface area (Å²) in [5.41, 5.74) is 7.37. The van der Waals surface area contributed by atoms with Crippen LogP contribution in [0.1, 0.15) is 11.5 Å². The van der Waals surface area contributed by atoms with E-state index < -0.39 is 35.8 Å². The van der Waals surface area contributed by atoms with Gasteiger partial charge in [-0.25, -0.2) is 8.78 Å². The Balaban J connectivity index is 3.16. The highest BCUT2D eigenvalue weighted by Crippen LogP contribution is 2.35. The van der Waals surface area contributed by atoms with Crippen molar-refractivity contribution in [3.63, 3.8) is 0 Å². The maximum absolute atomic E-state index is 12.8. The molecule has 0 heterocycles. The lowest BCUT2D eigenvalue weighted by Crippen LogP contribution is -2.23. The lowest BCUT2D eigenvalue weighted by atomic mass is 9.98. The number of rotatable bonds is 3.